The van der Waals surface area contributed by atoms with E-state index in [9.17, 15) is 4.79 Å². The molecule has 3 aromatic rings. The number of fused-ring (bicyclic) bond motifs is 1. The first-order chi connectivity index (χ1) is 12.8. The van der Waals surface area contributed by atoms with Gasteiger partial charge in [-0.05, 0) is 49.0 Å². The molecule has 2 aromatic carbocycles. The number of amides is 1. The second-order valence-electron chi connectivity index (χ2n) is 5.47. The summed E-state index contributed by atoms with van der Waals surface area (Å²) in [4.78, 5) is 16.8. The van der Waals surface area contributed by atoms with Gasteiger partial charge >= 0.3 is 0 Å². The third-order valence-corrected chi connectivity index (χ3v) is 5.69. The number of ether oxygens (including phenoxy) is 1. The number of aromatic nitrogens is 1. The van der Waals surface area contributed by atoms with Gasteiger partial charge in [0.25, 0.3) is 5.91 Å². The highest BCUT2D eigenvalue weighted by atomic mass is 35.5. The minimum absolute atomic E-state index is 0.102. The Hall–Kier alpha value is -1.64. The van der Waals surface area contributed by atoms with Gasteiger partial charge in [-0.15, -0.1) is 0 Å². The summed E-state index contributed by atoms with van der Waals surface area (Å²) in [5.74, 6) is -0.155. The molecule has 140 valence electrons. The summed E-state index contributed by atoms with van der Waals surface area (Å²) in [6.07, 6.45) is 0. The monoisotopic (exact) mass is 459 g/mol. The van der Waals surface area contributed by atoms with Gasteiger partial charge in [-0.25, -0.2) is 4.98 Å². The molecule has 0 fully saturated rings. The van der Waals surface area contributed by atoms with Gasteiger partial charge < -0.3 is 10.1 Å². The zero-order valence-electron chi connectivity index (χ0n) is 14.0. The largest absolute Gasteiger partial charge is 0.494 e. The van der Waals surface area contributed by atoms with Crippen LogP contribution in [0.4, 0.5) is 5.13 Å². The maximum Gasteiger partial charge on any atom is 0.257 e. The number of thiazole rings is 1. The molecule has 1 aromatic heterocycles. The molecular weight excluding hydrogens is 449 g/mol. The van der Waals surface area contributed by atoms with Crippen molar-refractivity contribution in [2.45, 2.75) is 6.92 Å². The molecule has 10 heteroatoms. The van der Waals surface area contributed by atoms with Crippen molar-refractivity contribution in [2.75, 3.05) is 12.4 Å². The van der Waals surface area contributed by atoms with Crippen LogP contribution in [-0.4, -0.2) is 23.1 Å². The zero-order valence-corrected chi connectivity index (χ0v) is 17.9. The van der Waals surface area contributed by atoms with Crippen LogP contribution in [-0.2, 0) is 0 Å². The van der Waals surface area contributed by atoms with Crippen molar-refractivity contribution in [1.29, 1.82) is 0 Å². The number of hydrogen-bond acceptors (Lipinski definition) is 5. The number of nitrogens with zero attached hydrogens (tertiary/aromatic N) is 1. The average Bonchev–Trinajstić information content (AvgIpc) is 2.95. The lowest BCUT2D eigenvalue weighted by Crippen LogP contribution is -2.34. The number of carbonyl (C=O) groups is 1. The van der Waals surface area contributed by atoms with E-state index in [0.29, 0.717) is 15.9 Å². The van der Waals surface area contributed by atoms with Gasteiger partial charge in [-0.2, -0.15) is 0 Å². The van der Waals surface area contributed by atoms with Crippen LogP contribution < -0.4 is 15.4 Å². The van der Waals surface area contributed by atoms with Crippen LogP contribution in [0.3, 0.4) is 0 Å². The normalized spacial score (nSPS) is 10.7. The van der Waals surface area contributed by atoms with Gasteiger partial charge in [-0.3, -0.25) is 10.1 Å². The molecule has 0 aliphatic carbocycles. The Bertz CT molecular complexity index is 1010. The first-order valence-electron chi connectivity index (χ1n) is 7.50. The highest BCUT2D eigenvalue weighted by molar-refractivity contribution is 7.80. The maximum absolute atomic E-state index is 12.4. The van der Waals surface area contributed by atoms with Crippen LogP contribution in [0.15, 0.2) is 24.3 Å². The van der Waals surface area contributed by atoms with E-state index in [4.69, 9.17) is 51.8 Å². The fraction of sp³-hybridized carbons (Fsp3) is 0.118. The van der Waals surface area contributed by atoms with Gasteiger partial charge in [0.2, 0.25) is 0 Å². The highest BCUT2D eigenvalue weighted by Crippen LogP contribution is 2.34. The third kappa shape index (κ3) is 4.44. The van der Waals surface area contributed by atoms with E-state index >= 15 is 0 Å². The Morgan fingerprint density at radius 2 is 1.81 bits per heavy atom. The Morgan fingerprint density at radius 3 is 2.44 bits per heavy atom. The van der Waals surface area contributed by atoms with Crippen molar-refractivity contribution >= 4 is 84.7 Å². The smallest absolute Gasteiger partial charge is 0.257 e. The van der Waals surface area contributed by atoms with Crippen molar-refractivity contribution in [3.63, 3.8) is 0 Å². The summed E-state index contributed by atoms with van der Waals surface area (Å²) in [5, 5.41) is 7.24. The summed E-state index contributed by atoms with van der Waals surface area (Å²) in [6.45, 7) is 1.91. The zero-order chi connectivity index (χ0) is 19.7. The predicted octanol–water partition coefficient (Wildman–Crippen LogP) is 5.70. The number of anilines is 1. The standard InChI is InChI=1S/C17H12Cl3N3O2S2/c1-7-3-12-13(6-9(7)18)27-17(21-12)23-16(26)22-15(24)8-4-10(19)14(25-2)11(20)5-8/h3-6H,1-2H3,(H2,21,22,23,24,26). The average molecular weight is 461 g/mol. The molecular formula is C17H12Cl3N3O2S2. The summed E-state index contributed by atoms with van der Waals surface area (Å²) in [5.41, 5.74) is 1.99. The van der Waals surface area contributed by atoms with E-state index in [-0.39, 0.29) is 20.7 Å². The SMILES string of the molecule is COc1c(Cl)cc(C(=O)NC(=S)Nc2nc3cc(C)c(Cl)cc3s2)cc1Cl. The van der Waals surface area contributed by atoms with Crippen LogP contribution in [0.1, 0.15) is 15.9 Å². The summed E-state index contributed by atoms with van der Waals surface area (Å²) >= 11 is 24.8. The molecule has 5 nitrogen and oxygen atoms in total. The lowest BCUT2D eigenvalue weighted by atomic mass is 10.2. The van der Waals surface area contributed by atoms with Crippen LogP contribution in [0.5, 0.6) is 5.75 Å². The maximum atomic E-state index is 12.4. The third-order valence-electron chi connectivity index (χ3n) is 3.58. The van der Waals surface area contributed by atoms with Crippen molar-refractivity contribution in [2.24, 2.45) is 0 Å². The fourth-order valence-electron chi connectivity index (χ4n) is 2.30. The van der Waals surface area contributed by atoms with E-state index in [2.05, 4.69) is 15.6 Å². The van der Waals surface area contributed by atoms with Gasteiger partial charge in [-0.1, -0.05) is 46.1 Å². The fourth-order valence-corrected chi connectivity index (χ4v) is 4.31. The molecule has 0 bridgehead atoms. The van der Waals surface area contributed by atoms with E-state index in [0.717, 1.165) is 15.8 Å². The van der Waals surface area contributed by atoms with Gasteiger partial charge in [0, 0.05) is 10.6 Å². The summed E-state index contributed by atoms with van der Waals surface area (Å²) in [7, 11) is 1.44. The Balaban J connectivity index is 1.73. The summed E-state index contributed by atoms with van der Waals surface area (Å²) in [6, 6.07) is 6.64. The first-order valence-corrected chi connectivity index (χ1v) is 9.86. The Morgan fingerprint density at radius 1 is 1.15 bits per heavy atom. The van der Waals surface area contributed by atoms with E-state index in [1.54, 1.807) is 0 Å². The molecule has 0 saturated heterocycles. The van der Waals surface area contributed by atoms with Crippen LogP contribution in [0.2, 0.25) is 15.1 Å². The van der Waals surface area contributed by atoms with Crippen LogP contribution in [0.25, 0.3) is 10.2 Å². The van der Waals surface area contributed by atoms with E-state index in [1.165, 1.54) is 30.6 Å². The molecule has 0 spiro atoms. The second-order valence-corrected chi connectivity index (χ2v) is 8.13. The number of benzene rings is 2. The Kier molecular flexibility index (Phi) is 6.08. The number of methoxy groups -OCH3 is 1. The number of rotatable bonds is 3. The summed E-state index contributed by atoms with van der Waals surface area (Å²) < 4.78 is 5.98. The number of aryl methyl sites for hydroxylation is 1. The van der Waals surface area contributed by atoms with Crippen LogP contribution in [0, 0.1) is 6.92 Å². The molecule has 0 radical (unpaired) electrons. The highest BCUT2D eigenvalue weighted by Gasteiger charge is 2.15. The van der Waals surface area contributed by atoms with Crippen LogP contribution >= 0.6 is 58.4 Å². The minimum atomic E-state index is -0.459. The molecule has 0 atom stereocenters. The number of nitrogens with one attached hydrogen (secondary N) is 2. The lowest BCUT2D eigenvalue weighted by molar-refractivity contribution is 0.0977. The van der Waals surface area contributed by atoms with E-state index in [1.807, 2.05) is 19.1 Å². The van der Waals surface area contributed by atoms with Crippen molar-refractivity contribution in [3.05, 3.63) is 50.5 Å². The molecule has 1 amide bonds. The number of thiocarbonyl (C=S) groups is 1. The molecule has 2 N–H and O–H groups in total. The van der Waals surface area contributed by atoms with Gasteiger partial charge in [0.15, 0.2) is 16.0 Å². The quantitative estimate of drug-likeness (QED) is 0.491. The lowest BCUT2D eigenvalue weighted by Gasteiger charge is -2.10. The van der Waals surface area contributed by atoms with Crippen molar-refractivity contribution in [1.82, 2.24) is 10.3 Å². The molecule has 27 heavy (non-hydrogen) atoms. The van der Waals surface area contributed by atoms with Crippen molar-refractivity contribution in [3.8, 4) is 5.75 Å². The molecule has 0 aliphatic heterocycles. The van der Waals surface area contributed by atoms with Gasteiger partial charge in [0.05, 0.1) is 27.4 Å². The van der Waals surface area contributed by atoms with E-state index < -0.39 is 5.91 Å². The topological polar surface area (TPSA) is 63.2 Å². The van der Waals surface area contributed by atoms with Gasteiger partial charge in [0.1, 0.15) is 0 Å². The first kappa shape index (κ1) is 20.1. The minimum Gasteiger partial charge on any atom is -0.494 e. The Labute approximate surface area is 179 Å². The second kappa shape index (κ2) is 8.16. The molecule has 1 heterocycles. The molecule has 0 unspecified atom stereocenters. The number of halogens is 3. The number of hydrogen-bond donors (Lipinski definition) is 2. The molecule has 3 rings (SSSR count). The van der Waals surface area contributed by atoms with Crippen molar-refractivity contribution < 1.29 is 9.53 Å². The molecule has 0 saturated carbocycles. The predicted molar refractivity (Wildman–Crippen MR) is 116 cm³/mol. The molecule has 0 aliphatic rings. The number of carbonyl (C=O) groups excluding carboxylic acids is 1.